The van der Waals surface area contributed by atoms with Crippen molar-refractivity contribution in [3.05, 3.63) is 47.6 Å². The van der Waals surface area contributed by atoms with Crippen molar-refractivity contribution in [1.82, 2.24) is 15.5 Å². The molecule has 1 amide bonds. The zero-order chi connectivity index (χ0) is 18.3. The topological polar surface area (TPSA) is 103 Å². The molecule has 0 aliphatic rings. The summed E-state index contributed by atoms with van der Waals surface area (Å²) in [6, 6.07) is 9.58. The van der Waals surface area contributed by atoms with Gasteiger partial charge in [-0.05, 0) is 39.2 Å². The van der Waals surface area contributed by atoms with Gasteiger partial charge in [-0.25, -0.2) is 4.79 Å². The lowest BCUT2D eigenvalue weighted by atomic mass is 10.1. The standard InChI is InChI=1S/C18H26N4O3/c1-18(2,3)24-17(23)20-11-7-10-14(19)16-21-15(22-25-16)12-13-8-5-4-6-9-13/h4-6,8-9,14H,7,10-12,19H2,1-3H3,(H,20,23)/t14-/m0/s1. The van der Waals surface area contributed by atoms with E-state index in [0.717, 1.165) is 5.56 Å². The summed E-state index contributed by atoms with van der Waals surface area (Å²) in [6.07, 6.45) is 1.50. The van der Waals surface area contributed by atoms with Gasteiger partial charge in [-0.15, -0.1) is 0 Å². The molecule has 0 aliphatic carbocycles. The molecule has 0 bridgehead atoms. The Morgan fingerprint density at radius 3 is 2.72 bits per heavy atom. The normalized spacial score (nSPS) is 12.6. The molecule has 1 aromatic carbocycles. The van der Waals surface area contributed by atoms with Crippen molar-refractivity contribution in [3.63, 3.8) is 0 Å². The molecule has 0 saturated carbocycles. The van der Waals surface area contributed by atoms with E-state index in [9.17, 15) is 4.79 Å². The number of ether oxygens (including phenoxy) is 1. The van der Waals surface area contributed by atoms with Crippen molar-refractivity contribution in [2.45, 2.75) is 51.7 Å². The second-order valence-corrected chi connectivity index (χ2v) is 6.89. The third-order valence-corrected chi connectivity index (χ3v) is 3.37. The largest absolute Gasteiger partial charge is 0.444 e. The lowest BCUT2D eigenvalue weighted by Gasteiger charge is -2.19. The van der Waals surface area contributed by atoms with E-state index in [0.29, 0.717) is 37.5 Å². The van der Waals surface area contributed by atoms with Gasteiger partial charge in [0.05, 0.1) is 6.04 Å². The highest BCUT2D eigenvalue weighted by Crippen LogP contribution is 2.15. The monoisotopic (exact) mass is 346 g/mol. The number of benzene rings is 1. The van der Waals surface area contributed by atoms with Crippen LogP contribution in [0.4, 0.5) is 4.79 Å². The van der Waals surface area contributed by atoms with Gasteiger partial charge in [-0.3, -0.25) is 0 Å². The molecule has 0 spiro atoms. The van der Waals surface area contributed by atoms with Gasteiger partial charge in [0.1, 0.15) is 5.60 Å². The molecule has 0 fully saturated rings. The van der Waals surface area contributed by atoms with Crippen LogP contribution in [0.3, 0.4) is 0 Å². The van der Waals surface area contributed by atoms with E-state index in [1.54, 1.807) is 0 Å². The molecule has 3 N–H and O–H groups in total. The van der Waals surface area contributed by atoms with Crippen LogP contribution in [0, 0.1) is 0 Å². The average molecular weight is 346 g/mol. The molecule has 25 heavy (non-hydrogen) atoms. The van der Waals surface area contributed by atoms with Gasteiger partial charge in [0.25, 0.3) is 0 Å². The van der Waals surface area contributed by atoms with Crippen molar-refractivity contribution in [2.75, 3.05) is 6.54 Å². The lowest BCUT2D eigenvalue weighted by Crippen LogP contribution is -2.33. The highest BCUT2D eigenvalue weighted by molar-refractivity contribution is 5.67. The summed E-state index contributed by atoms with van der Waals surface area (Å²) in [5.74, 6) is 1.03. The van der Waals surface area contributed by atoms with Crippen molar-refractivity contribution >= 4 is 6.09 Å². The summed E-state index contributed by atoms with van der Waals surface area (Å²) >= 11 is 0. The van der Waals surface area contributed by atoms with Crippen molar-refractivity contribution < 1.29 is 14.1 Å². The number of amides is 1. The lowest BCUT2D eigenvalue weighted by molar-refractivity contribution is 0.0526. The molecule has 7 heteroatoms. The van der Waals surface area contributed by atoms with Crippen LogP contribution in [-0.4, -0.2) is 28.4 Å². The van der Waals surface area contributed by atoms with Crippen molar-refractivity contribution in [3.8, 4) is 0 Å². The number of alkyl carbamates (subject to hydrolysis) is 1. The predicted octanol–water partition coefficient (Wildman–Crippen LogP) is 2.97. The fraction of sp³-hybridized carbons (Fsp3) is 0.500. The van der Waals surface area contributed by atoms with E-state index in [1.807, 2.05) is 51.1 Å². The van der Waals surface area contributed by atoms with Crippen molar-refractivity contribution in [2.24, 2.45) is 5.73 Å². The van der Waals surface area contributed by atoms with Gasteiger partial charge in [-0.1, -0.05) is 35.5 Å². The quantitative estimate of drug-likeness (QED) is 0.747. The number of aromatic nitrogens is 2. The first kappa shape index (κ1) is 18.9. The summed E-state index contributed by atoms with van der Waals surface area (Å²) in [7, 11) is 0. The highest BCUT2D eigenvalue weighted by Gasteiger charge is 2.17. The first-order chi connectivity index (χ1) is 11.8. The Morgan fingerprint density at radius 1 is 1.32 bits per heavy atom. The van der Waals surface area contributed by atoms with Gasteiger partial charge in [-0.2, -0.15) is 4.98 Å². The zero-order valence-corrected chi connectivity index (χ0v) is 15.0. The summed E-state index contributed by atoms with van der Waals surface area (Å²) < 4.78 is 10.4. The second kappa shape index (κ2) is 8.62. The Morgan fingerprint density at radius 2 is 2.04 bits per heavy atom. The van der Waals surface area contributed by atoms with E-state index in [4.69, 9.17) is 15.0 Å². The van der Waals surface area contributed by atoms with Crippen LogP contribution in [-0.2, 0) is 11.2 Å². The maximum absolute atomic E-state index is 11.5. The first-order valence-corrected chi connectivity index (χ1v) is 8.42. The number of hydrogen-bond acceptors (Lipinski definition) is 6. The number of carbonyl (C=O) groups excluding carboxylic acids is 1. The van der Waals surface area contributed by atoms with Crippen LogP contribution in [0.5, 0.6) is 0 Å². The third-order valence-electron chi connectivity index (χ3n) is 3.37. The summed E-state index contributed by atoms with van der Waals surface area (Å²) in [5, 5.41) is 6.67. The molecule has 0 radical (unpaired) electrons. The molecule has 0 saturated heterocycles. The molecule has 1 atom stereocenters. The molecule has 1 aromatic heterocycles. The molecule has 1 heterocycles. The first-order valence-electron chi connectivity index (χ1n) is 8.42. The van der Waals surface area contributed by atoms with E-state index in [2.05, 4.69) is 15.5 Å². The van der Waals surface area contributed by atoms with Crippen LogP contribution in [0.1, 0.15) is 56.9 Å². The van der Waals surface area contributed by atoms with Gasteiger partial charge >= 0.3 is 6.09 Å². The van der Waals surface area contributed by atoms with Crippen LogP contribution >= 0.6 is 0 Å². The Labute approximate surface area is 147 Å². The fourth-order valence-electron chi connectivity index (χ4n) is 2.22. The minimum absolute atomic E-state index is 0.350. The molecule has 7 nitrogen and oxygen atoms in total. The molecular weight excluding hydrogens is 320 g/mol. The number of nitrogens with zero attached hydrogens (tertiary/aromatic N) is 2. The number of rotatable bonds is 7. The molecule has 0 unspecified atom stereocenters. The van der Waals surface area contributed by atoms with E-state index < -0.39 is 11.7 Å². The second-order valence-electron chi connectivity index (χ2n) is 6.89. The van der Waals surface area contributed by atoms with Crippen LogP contribution in [0.2, 0.25) is 0 Å². The summed E-state index contributed by atoms with van der Waals surface area (Å²) in [5.41, 5.74) is 6.70. The maximum atomic E-state index is 11.5. The molecule has 2 rings (SSSR count). The van der Waals surface area contributed by atoms with Crippen molar-refractivity contribution in [1.29, 1.82) is 0 Å². The molecule has 2 aromatic rings. The maximum Gasteiger partial charge on any atom is 0.407 e. The number of nitrogens with one attached hydrogen (secondary N) is 1. The van der Waals surface area contributed by atoms with Gasteiger partial charge in [0, 0.05) is 13.0 Å². The van der Waals surface area contributed by atoms with Crippen LogP contribution in [0.15, 0.2) is 34.9 Å². The van der Waals surface area contributed by atoms with E-state index in [1.165, 1.54) is 0 Å². The average Bonchev–Trinajstić information content (AvgIpc) is 2.99. The number of nitrogens with two attached hydrogens (primary N) is 1. The SMILES string of the molecule is CC(C)(C)OC(=O)NCCC[C@H](N)c1nc(Cc2ccccc2)no1. The van der Waals surface area contributed by atoms with Crippen LogP contribution in [0.25, 0.3) is 0 Å². The predicted molar refractivity (Wildman–Crippen MR) is 93.9 cm³/mol. The summed E-state index contributed by atoms with van der Waals surface area (Å²) in [4.78, 5) is 15.9. The number of hydrogen-bond donors (Lipinski definition) is 2. The van der Waals surface area contributed by atoms with Gasteiger partial charge < -0.3 is 20.3 Å². The molecular formula is C18H26N4O3. The Bertz CT molecular complexity index is 664. The molecule has 136 valence electrons. The number of carbonyl (C=O) groups is 1. The smallest absolute Gasteiger partial charge is 0.407 e. The van der Waals surface area contributed by atoms with Gasteiger partial charge in [0.15, 0.2) is 5.82 Å². The third kappa shape index (κ3) is 6.93. The Balaban J connectivity index is 1.72. The van der Waals surface area contributed by atoms with E-state index >= 15 is 0 Å². The minimum atomic E-state index is -0.501. The summed E-state index contributed by atoms with van der Waals surface area (Å²) in [6.45, 7) is 5.95. The zero-order valence-electron chi connectivity index (χ0n) is 15.0. The molecule has 0 aliphatic heterocycles. The van der Waals surface area contributed by atoms with Crippen LogP contribution < -0.4 is 11.1 Å². The fourth-order valence-corrected chi connectivity index (χ4v) is 2.22. The highest BCUT2D eigenvalue weighted by atomic mass is 16.6. The minimum Gasteiger partial charge on any atom is -0.444 e. The Hall–Kier alpha value is -2.41. The van der Waals surface area contributed by atoms with E-state index in [-0.39, 0.29) is 6.04 Å². The Kier molecular flexibility index (Phi) is 6.52. The van der Waals surface area contributed by atoms with Gasteiger partial charge in [0.2, 0.25) is 5.89 Å².